The number of aromatic nitrogens is 7. The van der Waals surface area contributed by atoms with E-state index in [1.807, 2.05) is 49.4 Å². The fourth-order valence-electron chi connectivity index (χ4n) is 3.34. The summed E-state index contributed by atoms with van der Waals surface area (Å²) in [4.78, 5) is 6.70. The van der Waals surface area contributed by atoms with Gasteiger partial charge in [0.15, 0.2) is 17.3 Å². The van der Waals surface area contributed by atoms with Gasteiger partial charge >= 0.3 is 0 Å². The van der Waals surface area contributed by atoms with Crippen molar-refractivity contribution in [1.82, 2.24) is 35.0 Å². The number of hydrogen-bond acceptors (Lipinski definition) is 7. The molecule has 4 aromatic rings. The van der Waals surface area contributed by atoms with Crippen molar-refractivity contribution in [3.05, 3.63) is 54.1 Å². The van der Waals surface area contributed by atoms with E-state index in [0.717, 1.165) is 36.0 Å². The normalized spacial score (nSPS) is 17.3. The summed E-state index contributed by atoms with van der Waals surface area (Å²) in [6.45, 7) is 4.03. The van der Waals surface area contributed by atoms with Gasteiger partial charge in [-0.3, -0.25) is 5.10 Å². The zero-order valence-electron chi connectivity index (χ0n) is 15.5. The Morgan fingerprint density at radius 1 is 1.14 bits per heavy atom. The number of aryl methyl sites for hydroxylation is 1. The third-order valence-corrected chi connectivity index (χ3v) is 4.84. The molecule has 0 amide bonds. The summed E-state index contributed by atoms with van der Waals surface area (Å²) in [6.07, 6.45) is 0.634. The Kier molecular flexibility index (Phi) is 4.21. The van der Waals surface area contributed by atoms with Gasteiger partial charge in [0.05, 0.1) is 13.2 Å². The van der Waals surface area contributed by atoms with Crippen LogP contribution in [0.2, 0.25) is 0 Å². The van der Waals surface area contributed by atoms with Gasteiger partial charge in [-0.25, -0.2) is 4.98 Å². The van der Waals surface area contributed by atoms with Crippen molar-refractivity contribution >= 4 is 11.5 Å². The zero-order chi connectivity index (χ0) is 18.9. The largest absolute Gasteiger partial charge is 0.366 e. The minimum absolute atomic E-state index is 0.183. The lowest BCUT2D eigenvalue weighted by Crippen LogP contribution is -2.39. The molecule has 1 aliphatic heterocycles. The molecule has 142 valence electrons. The average molecular weight is 376 g/mol. The molecule has 1 fully saturated rings. The first-order valence-electron chi connectivity index (χ1n) is 9.37. The molecule has 1 atom stereocenters. The van der Waals surface area contributed by atoms with E-state index in [-0.39, 0.29) is 6.10 Å². The van der Waals surface area contributed by atoms with Gasteiger partial charge in [-0.1, -0.05) is 37.3 Å². The second-order valence-electron chi connectivity index (χ2n) is 6.65. The second kappa shape index (κ2) is 7.01. The van der Waals surface area contributed by atoms with Crippen molar-refractivity contribution in [1.29, 1.82) is 0 Å². The highest BCUT2D eigenvalue weighted by molar-refractivity contribution is 5.59. The number of morpholine rings is 1. The van der Waals surface area contributed by atoms with Crippen LogP contribution in [0.15, 0.2) is 42.5 Å². The number of rotatable bonds is 4. The molecule has 5 rings (SSSR count). The summed E-state index contributed by atoms with van der Waals surface area (Å²) in [7, 11) is 0. The van der Waals surface area contributed by atoms with E-state index < -0.39 is 0 Å². The van der Waals surface area contributed by atoms with Gasteiger partial charge in [-0.05, 0) is 12.1 Å². The first-order chi connectivity index (χ1) is 13.8. The number of H-pyrrole nitrogens is 1. The zero-order valence-corrected chi connectivity index (χ0v) is 15.5. The van der Waals surface area contributed by atoms with E-state index in [4.69, 9.17) is 9.84 Å². The molecule has 0 radical (unpaired) electrons. The fourth-order valence-corrected chi connectivity index (χ4v) is 3.34. The van der Waals surface area contributed by atoms with Gasteiger partial charge in [0.2, 0.25) is 0 Å². The molecule has 0 spiro atoms. The molecule has 1 unspecified atom stereocenters. The molecule has 1 aliphatic rings. The van der Waals surface area contributed by atoms with Crippen LogP contribution in [0.3, 0.4) is 0 Å². The molecule has 1 saturated heterocycles. The Labute approximate surface area is 161 Å². The lowest BCUT2D eigenvalue weighted by molar-refractivity contribution is 0.0339. The minimum Gasteiger partial charge on any atom is -0.366 e. The highest BCUT2D eigenvalue weighted by Crippen LogP contribution is 2.24. The van der Waals surface area contributed by atoms with Crippen LogP contribution in [-0.4, -0.2) is 54.7 Å². The summed E-state index contributed by atoms with van der Waals surface area (Å²) in [6, 6.07) is 13.9. The molecule has 9 nitrogen and oxygen atoms in total. The maximum absolute atomic E-state index is 5.89. The van der Waals surface area contributed by atoms with E-state index in [2.05, 4.69) is 30.3 Å². The van der Waals surface area contributed by atoms with Crippen molar-refractivity contribution in [2.45, 2.75) is 19.4 Å². The molecule has 0 bridgehead atoms. The Balaban J connectivity index is 1.45. The van der Waals surface area contributed by atoms with Gasteiger partial charge in [-0.2, -0.15) is 9.61 Å². The molecule has 3 aromatic heterocycles. The number of fused-ring (bicyclic) bond motifs is 1. The highest BCUT2D eigenvalue weighted by Gasteiger charge is 2.26. The summed E-state index contributed by atoms with van der Waals surface area (Å²) >= 11 is 0. The van der Waals surface area contributed by atoms with Crippen molar-refractivity contribution in [2.75, 3.05) is 24.6 Å². The maximum atomic E-state index is 5.89. The number of nitrogens with one attached hydrogen (secondary N) is 1. The van der Waals surface area contributed by atoms with Crippen LogP contribution in [0.1, 0.15) is 24.7 Å². The molecule has 9 heteroatoms. The number of nitrogens with zero attached hydrogens (tertiary/aromatic N) is 7. The topological polar surface area (TPSA) is 97.1 Å². The first-order valence-corrected chi connectivity index (χ1v) is 9.37. The summed E-state index contributed by atoms with van der Waals surface area (Å²) in [5, 5.41) is 20.6. The van der Waals surface area contributed by atoms with E-state index in [1.54, 1.807) is 4.52 Å². The van der Waals surface area contributed by atoms with Gasteiger partial charge in [0.25, 0.3) is 0 Å². The fraction of sp³-hybridized carbons (Fsp3) is 0.316. The van der Waals surface area contributed by atoms with Crippen molar-refractivity contribution in [2.24, 2.45) is 0 Å². The molecular formula is C19H20N8O. The Bertz CT molecular complexity index is 1090. The first kappa shape index (κ1) is 16.8. The van der Waals surface area contributed by atoms with E-state index >= 15 is 0 Å². The van der Waals surface area contributed by atoms with E-state index in [9.17, 15) is 0 Å². The van der Waals surface area contributed by atoms with Crippen LogP contribution in [0.25, 0.3) is 17.0 Å². The lowest BCUT2D eigenvalue weighted by atomic mass is 10.2. The van der Waals surface area contributed by atoms with Gasteiger partial charge in [-0.15, -0.1) is 15.3 Å². The van der Waals surface area contributed by atoms with Gasteiger partial charge < -0.3 is 9.64 Å². The Morgan fingerprint density at radius 3 is 2.86 bits per heavy atom. The molecule has 0 aliphatic carbocycles. The monoisotopic (exact) mass is 376 g/mol. The third-order valence-electron chi connectivity index (χ3n) is 4.84. The van der Waals surface area contributed by atoms with Crippen LogP contribution in [0.4, 0.5) is 5.82 Å². The van der Waals surface area contributed by atoms with Crippen molar-refractivity contribution in [3.63, 3.8) is 0 Å². The second-order valence-corrected chi connectivity index (χ2v) is 6.65. The molecule has 4 heterocycles. The van der Waals surface area contributed by atoms with Crippen molar-refractivity contribution < 1.29 is 4.74 Å². The van der Waals surface area contributed by atoms with Crippen LogP contribution < -0.4 is 4.90 Å². The van der Waals surface area contributed by atoms with Crippen LogP contribution in [0.5, 0.6) is 0 Å². The SMILES string of the molecule is CCc1nc(C2CN(c3ccc4nnc(-c5ccccc5)n4n3)CCO2)n[nH]1. The summed E-state index contributed by atoms with van der Waals surface area (Å²) in [5.74, 6) is 3.14. The average Bonchev–Trinajstić information content (AvgIpc) is 3.41. The van der Waals surface area contributed by atoms with Gasteiger partial charge in [0, 0.05) is 18.5 Å². The van der Waals surface area contributed by atoms with Crippen molar-refractivity contribution in [3.8, 4) is 11.4 Å². The molecule has 1 aromatic carbocycles. The quantitative estimate of drug-likeness (QED) is 0.582. The molecule has 1 N–H and O–H groups in total. The van der Waals surface area contributed by atoms with Crippen LogP contribution >= 0.6 is 0 Å². The predicted octanol–water partition coefficient (Wildman–Crippen LogP) is 2.05. The number of ether oxygens (including phenoxy) is 1. The summed E-state index contributed by atoms with van der Waals surface area (Å²) < 4.78 is 7.68. The molecule has 28 heavy (non-hydrogen) atoms. The smallest absolute Gasteiger partial charge is 0.185 e. The minimum atomic E-state index is -0.183. The molecule has 0 saturated carbocycles. The third kappa shape index (κ3) is 2.99. The number of hydrogen-bond donors (Lipinski definition) is 1. The van der Waals surface area contributed by atoms with Crippen LogP contribution in [0, 0.1) is 0 Å². The van der Waals surface area contributed by atoms with E-state index in [1.165, 1.54) is 0 Å². The highest BCUT2D eigenvalue weighted by atomic mass is 16.5. The summed E-state index contributed by atoms with van der Waals surface area (Å²) in [5.41, 5.74) is 1.70. The standard InChI is InChI=1S/C19H20N8O/c1-2-15-20-18(23-21-15)14-12-26(10-11-28-14)17-9-8-16-22-24-19(27(16)25-17)13-6-4-3-5-7-13/h3-9,14H,2,10-12H2,1H3,(H,20,21,23). The lowest BCUT2D eigenvalue weighted by Gasteiger charge is -2.32. The maximum Gasteiger partial charge on any atom is 0.185 e. The Hall–Kier alpha value is -3.33. The number of anilines is 1. The number of aromatic amines is 1. The van der Waals surface area contributed by atoms with Gasteiger partial charge in [0.1, 0.15) is 17.7 Å². The Morgan fingerprint density at radius 2 is 2.04 bits per heavy atom. The van der Waals surface area contributed by atoms with E-state index in [0.29, 0.717) is 24.6 Å². The number of benzene rings is 1. The van der Waals surface area contributed by atoms with Crippen LogP contribution in [-0.2, 0) is 11.2 Å². The predicted molar refractivity (Wildman–Crippen MR) is 103 cm³/mol. The molecular weight excluding hydrogens is 356 g/mol.